The van der Waals surface area contributed by atoms with Gasteiger partial charge in [-0.05, 0) is 36.9 Å². The number of nitrogens with one attached hydrogen (secondary N) is 2. The number of aryl methyl sites for hydroxylation is 2. The molecule has 0 bridgehead atoms. The topological polar surface area (TPSA) is 53.6 Å². The van der Waals surface area contributed by atoms with Crippen molar-refractivity contribution in [2.24, 2.45) is 0 Å². The lowest BCUT2D eigenvalue weighted by Gasteiger charge is -2.17. The largest absolute Gasteiger partial charge is 0.310 e. The van der Waals surface area contributed by atoms with Gasteiger partial charge in [0.15, 0.2) is 0 Å². The Kier molecular flexibility index (Phi) is 5.74. The number of aromatic amines is 1. The Hall–Kier alpha value is -1.68. The normalized spacial score (nSPS) is 12.5. The molecule has 1 heterocycles. The van der Waals surface area contributed by atoms with Gasteiger partial charge in [-0.15, -0.1) is 0 Å². The number of aromatic nitrogens is 3. The molecule has 0 aliphatic carbocycles. The lowest BCUT2D eigenvalue weighted by atomic mass is 10.0. The van der Waals surface area contributed by atoms with Crippen molar-refractivity contribution in [3.63, 3.8) is 0 Å². The van der Waals surface area contributed by atoms with E-state index in [4.69, 9.17) is 0 Å². The highest BCUT2D eigenvalue weighted by Gasteiger charge is 2.08. The molecule has 4 heteroatoms. The van der Waals surface area contributed by atoms with E-state index in [0.29, 0.717) is 6.04 Å². The van der Waals surface area contributed by atoms with Crippen LogP contribution in [0, 0.1) is 0 Å². The highest BCUT2D eigenvalue weighted by molar-refractivity contribution is 5.25. The highest BCUT2D eigenvalue weighted by atomic mass is 15.2. The van der Waals surface area contributed by atoms with Crippen LogP contribution < -0.4 is 5.32 Å². The fraction of sp³-hybridized carbons (Fsp3) is 0.500. The van der Waals surface area contributed by atoms with Crippen molar-refractivity contribution < 1.29 is 0 Å². The summed E-state index contributed by atoms with van der Waals surface area (Å²) in [6.07, 6.45) is 5.78. The van der Waals surface area contributed by atoms with E-state index in [1.807, 2.05) is 0 Å². The van der Waals surface area contributed by atoms with Crippen LogP contribution in [0.15, 0.2) is 30.6 Å². The summed E-state index contributed by atoms with van der Waals surface area (Å²) >= 11 is 0. The number of hydrogen-bond acceptors (Lipinski definition) is 3. The fourth-order valence-corrected chi connectivity index (χ4v) is 2.37. The standard InChI is InChI=1S/C16H24N4/c1-3-13-7-9-14(10-8-13)15(4-2)17-11-5-6-16-18-12-19-20-16/h7-10,12,15,17H,3-6,11H2,1-2H3,(H,18,19,20). The average molecular weight is 272 g/mol. The van der Waals surface area contributed by atoms with E-state index in [1.54, 1.807) is 6.33 Å². The number of benzene rings is 1. The maximum atomic E-state index is 4.14. The minimum atomic E-state index is 0.440. The van der Waals surface area contributed by atoms with Crippen LogP contribution in [0.2, 0.25) is 0 Å². The van der Waals surface area contributed by atoms with Gasteiger partial charge in [-0.1, -0.05) is 38.1 Å². The molecule has 108 valence electrons. The van der Waals surface area contributed by atoms with Gasteiger partial charge in [-0.3, -0.25) is 5.10 Å². The van der Waals surface area contributed by atoms with E-state index in [1.165, 1.54) is 11.1 Å². The third kappa shape index (κ3) is 4.17. The Morgan fingerprint density at radius 3 is 2.60 bits per heavy atom. The third-order valence-electron chi connectivity index (χ3n) is 3.64. The van der Waals surface area contributed by atoms with Crippen molar-refractivity contribution in [1.82, 2.24) is 20.5 Å². The molecule has 20 heavy (non-hydrogen) atoms. The van der Waals surface area contributed by atoms with Crippen molar-refractivity contribution in [2.75, 3.05) is 6.54 Å². The Balaban J connectivity index is 1.79. The predicted octanol–water partition coefficient (Wildman–Crippen LogP) is 3.04. The van der Waals surface area contributed by atoms with Gasteiger partial charge in [0.05, 0.1) is 0 Å². The van der Waals surface area contributed by atoms with Gasteiger partial charge < -0.3 is 5.32 Å². The van der Waals surface area contributed by atoms with Crippen LogP contribution in [0.1, 0.15) is 49.7 Å². The lowest BCUT2D eigenvalue weighted by molar-refractivity contribution is 0.508. The van der Waals surface area contributed by atoms with Gasteiger partial charge in [0.2, 0.25) is 0 Å². The van der Waals surface area contributed by atoms with E-state index >= 15 is 0 Å². The molecule has 4 nitrogen and oxygen atoms in total. The summed E-state index contributed by atoms with van der Waals surface area (Å²) in [6.45, 7) is 5.41. The van der Waals surface area contributed by atoms with E-state index in [2.05, 4.69) is 58.6 Å². The molecule has 1 aromatic carbocycles. The van der Waals surface area contributed by atoms with E-state index in [0.717, 1.165) is 38.1 Å². The van der Waals surface area contributed by atoms with Crippen molar-refractivity contribution >= 4 is 0 Å². The summed E-state index contributed by atoms with van der Waals surface area (Å²) in [6, 6.07) is 9.39. The quantitative estimate of drug-likeness (QED) is 0.726. The van der Waals surface area contributed by atoms with Crippen LogP contribution in [0.5, 0.6) is 0 Å². The Morgan fingerprint density at radius 1 is 1.20 bits per heavy atom. The molecule has 0 saturated carbocycles. The van der Waals surface area contributed by atoms with Gasteiger partial charge in [0.25, 0.3) is 0 Å². The summed E-state index contributed by atoms with van der Waals surface area (Å²) in [5.41, 5.74) is 2.78. The minimum Gasteiger partial charge on any atom is -0.310 e. The molecule has 0 amide bonds. The van der Waals surface area contributed by atoms with Crippen molar-refractivity contribution in [2.45, 2.75) is 45.6 Å². The molecular weight excluding hydrogens is 248 g/mol. The van der Waals surface area contributed by atoms with Crippen LogP contribution in [-0.2, 0) is 12.8 Å². The molecule has 2 aromatic rings. The summed E-state index contributed by atoms with van der Waals surface area (Å²) in [4.78, 5) is 4.14. The van der Waals surface area contributed by atoms with E-state index in [9.17, 15) is 0 Å². The van der Waals surface area contributed by atoms with Gasteiger partial charge in [-0.25, -0.2) is 4.98 Å². The first kappa shape index (κ1) is 14.7. The Labute approximate surface area is 121 Å². The average Bonchev–Trinajstić information content (AvgIpc) is 3.01. The van der Waals surface area contributed by atoms with Crippen LogP contribution in [0.3, 0.4) is 0 Å². The van der Waals surface area contributed by atoms with Gasteiger partial charge >= 0.3 is 0 Å². The zero-order valence-electron chi connectivity index (χ0n) is 12.4. The first-order valence-corrected chi connectivity index (χ1v) is 7.50. The first-order valence-electron chi connectivity index (χ1n) is 7.50. The van der Waals surface area contributed by atoms with Crippen molar-refractivity contribution in [3.05, 3.63) is 47.5 Å². The van der Waals surface area contributed by atoms with Crippen LogP contribution in [0.4, 0.5) is 0 Å². The van der Waals surface area contributed by atoms with Crippen LogP contribution in [0.25, 0.3) is 0 Å². The molecule has 1 atom stereocenters. The summed E-state index contributed by atoms with van der Waals surface area (Å²) in [5.74, 6) is 0.965. The third-order valence-corrected chi connectivity index (χ3v) is 3.64. The van der Waals surface area contributed by atoms with Crippen LogP contribution in [-0.4, -0.2) is 21.7 Å². The van der Waals surface area contributed by atoms with Gasteiger partial charge in [0, 0.05) is 12.5 Å². The smallest absolute Gasteiger partial charge is 0.137 e. The zero-order valence-corrected chi connectivity index (χ0v) is 12.4. The molecular formula is C16H24N4. The molecule has 0 fully saturated rings. The number of H-pyrrole nitrogens is 1. The fourth-order valence-electron chi connectivity index (χ4n) is 2.37. The second kappa shape index (κ2) is 7.80. The molecule has 0 radical (unpaired) electrons. The first-order chi connectivity index (χ1) is 9.83. The SMILES string of the molecule is CCc1ccc(C(CC)NCCCc2ncn[nH]2)cc1. The maximum Gasteiger partial charge on any atom is 0.137 e. The van der Waals surface area contributed by atoms with E-state index in [-0.39, 0.29) is 0 Å². The number of nitrogens with zero attached hydrogens (tertiary/aromatic N) is 2. The minimum absolute atomic E-state index is 0.440. The van der Waals surface area contributed by atoms with Crippen molar-refractivity contribution in [3.8, 4) is 0 Å². The lowest BCUT2D eigenvalue weighted by Crippen LogP contribution is -2.22. The zero-order chi connectivity index (χ0) is 14.2. The second-order valence-electron chi connectivity index (χ2n) is 5.05. The van der Waals surface area contributed by atoms with Crippen molar-refractivity contribution in [1.29, 1.82) is 0 Å². The monoisotopic (exact) mass is 272 g/mol. The van der Waals surface area contributed by atoms with Gasteiger partial charge in [0.1, 0.15) is 12.2 Å². The molecule has 2 rings (SSSR count). The van der Waals surface area contributed by atoms with Crippen LogP contribution >= 0.6 is 0 Å². The molecule has 0 saturated heterocycles. The van der Waals surface area contributed by atoms with E-state index < -0.39 is 0 Å². The summed E-state index contributed by atoms with van der Waals surface area (Å²) in [5, 5.41) is 10.4. The summed E-state index contributed by atoms with van der Waals surface area (Å²) < 4.78 is 0. The number of rotatable bonds is 8. The Bertz CT molecular complexity index is 476. The molecule has 1 unspecified atom stereocenters. The molecule has 0 spiro atoms. The predicted molar refractivity (Wildman–Crippen MR) is 81.6 cm³/mol. The maximum absolute atomic E-state index is 4.14. The molecule has 2 N–H and O–H groups in total. The summed E-state index contributed by atoms with van der Waals surface area (Å²) in [7, 11) is 0. The Morgan fingerprint density at radius 2 is 2.00 bits per heavy atom. The van der Waals surface area contributed by atoms with Gasteiger partial charge in [-0.2, -0.15) is 5.10 Å². The molecule has 0 aliphatic rings. The molecule has 1 aromatic heterocycles. The second-order valence-corrected chi connectivity index (χ2v) is 5.05. The number of hydrogen-bond donors (Lipinski definition) is 2. The highest BCUT2D eigenvalue weighted by Crippen LogP contribution is 2.17. The molecule has 0 aliphatic heterocycles.